The second-order valence-electron chi connectivity index (χ2n) is 7.82. The van der Waals surface area contributed by atoms with Crippen molar-refractivity contribution in [3.8, 4) is 0 Å². The van der Waals surface area contributed by atoms with Crippen LogP contribution in [0.5, 0.6) is 0 Å². The summed E-state index contributed by atoms with van der Waals surface area (Å²) in [6, 6.07) is 0. The van der Waals surface area contributed by atoms with Crippen molar-refractivity contribution in [2.45, 2.75) is 73.1 Å². The van der Waals surface area contributed by atoms with Crippen molar-refractivity contribution in [2.75, 3.05) is 0 Å². The maximum Gasteiger partial charge on any atom is 0.123 e. The predicted molar refractivity (Wildman–Crippen MR) is 87.7 cm³/mol. The van der Waals surface area contributed by atoms with Gasteiger partial charge >= 0.3 is 0 Å². The summed E-state index contributed by atoms with van der Waals surface area (Å²) in [6.45, 7) is 11.3. The predicted octanol–water partition coefficient (Wildman–Crippen LogP) is 5.71. The Kier molecular flexibility index (Phi) is 6.23. The van der Waals surface area contributed by atoms with Crippen molar-refractivity contribution in [3.05, 3.63) is 23.8 Å². The summed E-state index contributed by atoms with van der Waals surface area (Å²) < 4.78 is 0. The highest BCUT2D eigenvalue weighted by molar-refractivity contribution is 5.53. The molecule has 1 fully saturated rings. The fourth-order valence-electron chi connectivity index (χ4n) is 2.76. The number of hydrogen-bond acceptors (Lipinski definition) is 1. The van der Waals surface area contributed by atoms with Crippen molar-refractivity contribution in [3.63, 3.8) is 0 Å². The van der Waals surface area contributed by atoms with Crippen molar-refractivity contribution in [1.29, 1.82) is 0 Å². The highest BCUT2D eigenvalue weighted by Gasteiger charge is 2.26. The van der Waals surface area contributed by atoms with E-state index in [0.717, 1.165) is 19.1 Å². The average molecular weight is 276 g/mol. The van der Waals surface area contributed by atoms with Gasteiger partial charge in [-0.25, -0.2) is 0 Å². The van der Waals surface area contributed by atoms with Crippen LogP contribution in [0.2, 0.25) is 0 Å². The second-order valence-corrected chi connectivity index (χ2v) is 7.82. The Bertz CT molecular complexity index is 361. The van der Waals surface area contributed by atoms with E-state index in [4.69, 9.17) is 0 Å². The zero-order valence-corrected chi connectivity index (χ0v) is 14.0. The molecule has 2 aliphatic rings. The summed E-state index contributed by atoms with van der Waals surface area (Å²) in [5, 5.41) is 0. The molecule has 1 saturated carbocycles. The second kappa shape index (κ2) is 7.24. The molecule has 0 aromatic carbocycles. The van der Waals surface area contributed by atoms with Crippen LogP contribution in [0.15, 0.2) is 23.8 Å². The number of hydrogen-bond donors (Lipinski definition) is 0. The lowest BCUT2D eigenvalue weighted by molar-refractivity contribution is -0.112. The molecule has 0 aliphatic heterocycles. The Balaban J connectivity index is 0.000000200. The molecule has 1 nitrogen and oxygen atoms in total. The van der Waals surface area contributed by atoms with Gasteiger partial charge in [0.1, 0.15) is 6.29 Å². The fraction of sp³-hybridized carbons (Fsp3) is 0.737. The standard InChI is InChI=1S/C10H16.C9H16O/c1-4-9-5-7-10(2,3)8-6-9;1-9(2)5-3-8(7-10)4-6-9/h4-5,7H,6,8H2,1-3H3;7-8H,3-6H2,1-2H3/b9-4-;. The summed E-state index contributed by atoms with van der Waals surface area (Å²) in [7, 11) is 0. The maximum absolute atomic E-state index is 10.4. The van der Waals surface area contributed by atoms with Crippen LogP contribution < -0.4 is 0 Å². The fourth-order valence-corrected chi connectivity index (χ4v) is 2.76. The number of allylic oxidation sites excluding steroid dienone is 4. The molecule has 0 atom stereocenters. The van der Waals surface area contributed by atoms with Crippen LogP contribution in [-0.2, 0) is 4.79 Å². The lowest BCUT2D eigenvalue weighted by Gasteiger charge is -2.31. The molecule has 0 aromatic rings. The topological polar surface area (TPSA) is 17.1 Å². The van der Waals surface area contributed by atoms with Gasteiger partial charge < -0.3 is 4.79 Å². The number of carbonyl (C=O) groups is 1. The van der Waals surface area contributed by atoms with E-state index in [1.807, 2.05) is 0 Å². The molecule has 0 amide bonds. The molecule has 0 saturated heterocycles. The van der Waals surface area contributed by atoms with E-state index in [1.54, 1.807) is 0 Å². The van der Waals surface area contributed by atoms with E-state index >= 15 is 0 Å². The van der Waals surface area contributed by atoms with Gasteiger partial charge in [-0.2, -0.15) is 0 Å². The first-order chi connectivity index (χ1) is 9.28. The Morgan fingerprint density at radius 3 is 2.10 bits per heavy atom. The number of carbonyl (C=O) groups excluding carboxylic acids is 1. The van der Waals surface area contributed by atoms with Gasteiger partial charge in [0.2, 0.25) is 0 Å². The van der Waals surface area contributed by atoms with Gasteiger partial charge in [-0.3, -0.25) is 0 Å². The maximum atomic E-state index is 10.4. The summed E-state index contributed by atoms with van der Waals surface area (Å²) in [6.07, 6.45) is 15.1. The average Bonchev–Trinajstić information content (AvgIpc) is 2.40. The minimum Gasteiger partial charge on any atom is -0.303 e. The molecule has 114 valence electrons. The van der Waals surface area contributed by atoms with Crippen LogP contribution in [0.1, 0.15) is 73.1 Å². The Morgan fingerprint density at radius 2 is 1.70 bits per heavy atom. The van der Waals surface area contributed by atoms with Gasteiger partial charge in [0.15, 0.2) is 0 Å². The van der Waals surface area contributed by atoms with Crippen LogP contribution in [0, 0.1) is 16.7 Å². The molecular formula is C19H32O. The van der Waals surface area contributed by atoms with Crippen LogP contribution in [0.4, 0.5) is 0 Å². The molecule has 0 aromatic heterocycles. The van der Waals surface area contributed by atoms with Crippen molar-refractivity contribution in [2.24, 2.45) is 16.7 Å². The first kappa shape index (κ1) is 17.2. The van der Waals surface area contributed by atoms with E-state index in [-0.39, 0.29) is 0 Å². The van der Waals surface area contributed by atoms with Gasteiger partial charge in [-0.15, -0.1) is 0 Å². The van der Waals surface area contributed by atoms with Crippen LogP contribution in [0.3, 0.4) is 0 Å². The van der Waals surface area contributed by atoms with E-state index in [1.165, 1.54) is 31.3 Å². The van der Waals surface area contributed by atoms with E-state index in [9.17, 15) is 4.79 Å². The molecule has 2 rings (SSSR count). The third-order valence-electron chi connectivity index (χ3n) is 4.75. The van der Waals surface area contributed by atoms with Crippen molar-refractivity contribution < 1.29 is 4.79 Å². The molecule has 20 heavy (non-hydrogen) atoms. The van der Waals surface area contributed by atoms with Gasteiger partial charge in [0.05, 0.1) is 0 Å². The van der Waals surface area contributed by atoms with Crippen LogP contribution in [-0.4, -0.2) is 6.29 Å². The van der Waals surface area contributed by atoms with Crippen LogP contribution >= 0.6 is 0 Å². The third kappa shape index (κ3) is 6.07. The summed E-state index contributed by atoms with van der Waals surface area (Å²) in [5.74, 6) is 0.369. The number of aldehydes is 1. The highest BCUT2D eigenvalue weighted by Crippen LogP contribution is 2.37. The lowest BCUT2D eigenvalue weighted by Crippen LogP contribution is -2.21. The zero-order valence-electron chi connectivity index (χ0n) is 14.0. The van der Waals surface area contributed by atoms with Gasteiger partial charge in [-0.05, 0) is 56.3 Å². The Hall–Kier alpha value is -0.850. The number of rotatable bonds is 1. The first-order valence-corrected chi connectivity index (χ1v) is 8.08. The lowest BCUT2D eigenvalue weighted by atomic mass is 9.74. The molecule has 0 heterocycles. The van der Waals surface area contributed by atoms with Crippen molar-refractivity contribution >= 4 is 6.29 Å². The zero-order chi connectivity index (χ0) is 15.2. The SMILES string of the molecule is C/C=C1/C=CC(C)(C)CC1.CC1(C)CCC(C=O)CC1. The van der Waals surface area contributed by atoms with Gasteiger partial charge in [-0.1, -0.05) is 51.5 Å². The Morgan fingerprint density at radius 1 is 1.10 bits per heavy atom. The van der Waals surface area contributed by atoms with Gasteiger partial charge in [0, 0.05) is 5.92 Å². The quantitative estimate of drug-likeness (QED) is 0.560. The molecule has 0 spiro atoms. The monoisotopic (exact) mass is 276 g/mol. The minimum absolute atomic E-state index is 0.369. The largest absolute Gasteiger partial charge is 0.303 e. The molecule has 0 radical (unpaired) electrons. The molecular weight excluding hydrogens is 244 g/mol. The summed E-state index contributed by atoms with van der Waals surface area (Å²) in [5.41, 5.74) is 2.42. The molecule has 1 heteroatoms. The minimum atomic E-state index is 0.369. The first-order valence-electron chi connectivity index (χ1n) is 8.08. The normalized spacial score (nSPS) is 26.8. The molecule has 2 aliphatic carbocycles. The Labute approximate surface area is 125 Å². The molecule has 0 unspecified atom stereocenters. The van der Waals surface area contributed by atoms with Gasteiger partial charge in [0.25, 0.3) is 0 Å². The third-order valence-corrected chi connectivity index (χ3v) is 4.75. The summed E-state index contributed by atoms with van der Waals surface area (Å²) in [4.78, 5) is 10.4. The summed E-state index contributed by atoms with van der Waals surface area (Å²) >= 11 is 0. The highest BCUT2D eigenvalue weighted by atomic mass is 16.1. The van der Waals surface area contributed by atoms with E-state index < -0.39 is 0 Å². The molecule has 0 N–H and O–H groups in total. The molecule has 0 bridgehead atoms. The van der Waals surface area contributed by atoms with Crippen molar-refractivity contribution in [1.82, 2.24) is 0 Å². The smallest absolute Gasteiger partial charge is 0.123 e. The van der Waals surface area contributed by atoms with E-state index in [0.29, 0.717) is 16.7 Å². The van der Waals surface area contributed by atoms with E-state index in [2.05, 4.69) is 52.8 Å². The van der Waals surface area contributed by atoms with Crippen LogP contribution in [0.25, 0.3) is 0 Å².